The van der Waals surface area contributed by atoms with Crippen LogP contribution in [0.5, 0.6) is 0 Å². The van der Waals surface area contributed by atoms with E-state index in [0.717, 1.165) is 15.6 Å². The average molecular weight is 389 g/mol. The van der Waals surface area contributed by atoms with E-state index in [0.29, 0.717) is 29.4 Å². The molecule has 3 aromatic rings. The van der Waals surface area contributed by atoms with Gasteiger partial charge in [-0.15, -0.1) is 10.2 Å². The first kappa shape index (κ1) is 18.4. The number of hydrogen-bond acceptors (Lipinski definition) is 6. The number of thioether (sulfide) groups is 1. The fourth-order valence-electron chi connectivity index (χ4n) is 2.32. The van der Waals surface area contributed by atoms with E-state index in [1.165, 1.54) is 6.20 Å². The van der Waals surface area contributed by atoms with Crippen LogP contribution in [0.1, 0.15) is 28.5 Å². The largest absolute Gasteiger partial charge is 0.462 e. The number of halogens is 1. The number of benzene rings is 1. The molecule has 1 aromatic carbocycles. The molecule has 134 valence electrons. The summed E-state index contributed by atoms with van der Waals surface area (Å²) in [6.07, 6.45) is 1.48. The Kier molecular flexibility index (Phi) is 5.90. The standard InChI is InChI=1S/C18H17ClN4O2S/c1-3-25-18(24)14-10-20-23(12(14)2)16-8-9-17(22-21-16)26-11-13-6-4-5-7-15(13)19/h4-10H,3,11H2,1-2H3. The molecule has 6 nitrogen and oxygen atoms in total. The van der Waals surface area contributed by atoms with Crippen molar-refractivity contribution in [3.63, 3.8) is 0 Å². The van der Waals surface area contributed by atoms with Crippen LogP contribution in [0.4, 0.5) is 0 Å². The molecule has 0 atom stereocenters. The summed E-state index contributed by atoms with van der Waals surface area (Å²) in [6.45, 7) is 3.88. The zero-order valence-corrected chi connectivity index (χ0v) is 15.9. The lowest BCUT2D eigenvalue weighted by atomic mass is 10.2. The van der Waals surface area contributed by atoms with Crippen molar-refractivity contribution < 1.29 is 9.53 Å². The number of nitrogens with zero attached hydrogens (tertiary/aromatic N) is 4. The molecular formula is C18H17ClN4O2S. The van der Waals surface area contributed by atoms with Gasteiger partial charge in [0.1, 0.15) is 10.6 Å². The van der Waals surface area contributed by atoms with E-state index in [-0.39, 0.29) is 0 Å². The van der Waals surface area contributed by atoms with Gasteiger partial charge in [0.05, 0.1) is 18.5 Å². The molecule has 26 heavy (non-hydrogen) atoms. The van der Waals surface area contributed by atoms with Crippen LogP contribution in [-0.4, -0.2) is 32.6 Å². The van der Waals surface area contributed by atoms with E-state index in [2.05, 4.69) is 15.3 Å². The minimum Gasteiger partial charge on any atom is -0.462 e. The number of rotatable bonds is 6. The van der Waals surface area contributed by atoms with E-state index < -0.39 is 5.97 Å². The van der Waals surface area contributed by atoms with E-state index in [1.807, 2.05) is 36.4 Å². The molecule has 0 aliphatic heterocycles. The van der Waals surface area contributed by atoms with Gasteiger partial charge in [0.15, 0.2) is 5.82 Å². The molecule has 2 heterocycles. The molecule has 0 unspecified atom stereocenters. The lowest BCUT2D eigenvalue weighted by Crippen LogP contribution is -2.08. The first-order chi connectivity index (χ1) is 12.6. The van der Waals surface area contributed by atoms with Crippen molar-refractivity contribution in [1.82, 2.24) is 20.0 Å². The molecule has 0 radical (unpaired) electrons. The molecule has 0 fully saturated rings. The second-order valence-electron chi connectivity index (χ2n) is 5.39. The highest BCUT2D eigenvalue weighted by Crippen LogP contribution is 2.25. The van der Waals surface area contributed by atoms with Gasteiger partial charge in [-0.2, -0.15) is 5.10 Å². The molecule has 0 aliphatic rings. The molecule has 0 spiro atoms. The molecule has 3 rings (SSSR count). The lowest BCUT2D eigenvalue weighted by Gasteiger charge is -2.06. The van der Waals surface area contributed by atoms with Gasteiger partial charge in [-0.05, 0) is 37.6 Å². The van der Waals surface area contributed by atoms with Gasteiger partial charge in [0.2, 0.25) is 0 Å². The SMILES string of the molecule is CCOC(=O)c1cnn(-c2ccc(SCc3ccccc3Cl)nn2)c1C. The van der Waals surface area contributed by atoms with Crippen LogP contribution >= 0.6 is 23.4 Å². The molecule has 2 aromatic heterocycles. The van der Waals surface area contributed by atoms with Crippen LogP contribution in [0.2, 0.25) is 5.02 Å². The maximum absolute atomic E-state index is 11.9. The topological polar surface area (TPSA) is 69.9 Å². The monoisotopic (exact) mass is 388 g/mol. The molecule has 0 amide bonds. The van der Waals surface area contributed by atoms with E-state index >= 15 is 0 Å². The summed E-state index contributed by atoms with van der Waals surface area (Å²) in [5.41, 5.74) is 2.13. The predicted octanol–water partition coefficient (Wildman–Crippen LogP) is 4.09. The van der Waals surface area contributed by atoms with Crippen LogP contribution in [0.25, 0.3) is 5.82 Å². The van der Waals surface area contributed by atoms with Crippen molar-refractivity contribution in [3.8, 4) is 5.82 Å². The Bertz CT molecular complexity index is 912. The lowest BCUT2D eigenvalue weighted by molar-refractivity contribution is 0.0525. The fourth-order valence-corrected chi connectivity index (χ4v) is 3.42. The van der Waals surface area contributed by atoms with Crippen molar-refractivity contribution in [2.75, 3.05) is 6.61 Å². The number of ether oxygens (including phenoxy) is 1. The average Bonchev–Trinajstić information content (AvgIpc) is 3.03. The first-order valence-electron chi connectivity index (χ1n) is 8.02. The van der Waals surface area contributed by atoms with E-state index in [1.54, 1.807) is 30.3 Å². The van der Waals surface area contributed by atoms with Gasteiger partial charge in [0.25, 0.3) is 0 Å². The summed E-state index contributed by atoms with van der Waals surface area (Å²) in [5.74, 6) is 0.859. The molecule has 0 saturated carbocycles. The second kappa shape index (κ2) is 8.33. The molecule has 0 saturated heterocycles. The predicted molar refractivity (Wildman–Crippen MR) is 101 cm³/mol. The van der Waals surface area contributed by atoms with Gasteiger partial charge in [0, 0.05) is 10.8 Å². The van der Waals surface area contributed by atoms with Gasteiger partial charge >= 0.3 is 5.97 Å². The Morgan fingerprint density at radius 3 is 2.73 bits per heavy atom. The van der Waals surface area contributed by atoms with E-state index in [4.69, 9.17) is 16.3 Å². The summed E-state index contributed by atoms with van der Waals surface area (Å²) in [7, 11) is 0. The highest BCUT2D eigenvalue weighted by atomic mass is 35.5. The van der Waals surface area contributed by atoms with Crippen molar-refractivity contribution in [2.24, 2.45) is 0 Å². The van der Waals surface area contributed by atoms with Gasteiger partial charge < -0.3 is 4.74 Å². The molecule has 0 aliphatic carbocycles. The van der Waals surface area contributed by atoms with Crippen molar-refractivity contribution in [2.45, 2.75) is 24.6 Å². The number of carbonyl (C=O) groups excluding carboxylic acids is 1. The summed E-state index contributed by atoms with van der Waals surface area (Å²) in [5, 5.41) is 14.2. The van der Waals surface area contributed by atoms with Gasteiger partial charge in [-0.25, -0.2) is 9.48 Å². The zero-order valence-electron chi connectivity index (χ0n) is 14.3. The molecule has 0 bridgehead atoms. The smallest absolute Gasteiger partial charge is 0.341 e. The highest BCUT2D eigenvalue weighted by Gasteiger charge is 2.16. The quantitative estimate of drug-likeness (QED) is 0.468. The zero-order chi connectivity index (χ0) is 18.5. The molecular weight excluding hydrogens is 372 g/mol. The Labute approximate surface area is 160 Å². The summed E-state index contributed by atoms with van der Waals surface area (Å²) in [4.78, 5) is 11.9. The van der Waals surface area contributed by atoms with Crippen molar-refractivity contribution in [1.29, 1.82) is 0 Å². The number of hydrogen-bond donors (Lipinski definition) is 0. The maximum atomic E-state index is 11.9. The second-order valence-corrected chi connectivity index (χ2v) is 6.79. The van der Waals surface area contributed by atoms with Crippen LogP contribution in [0, 0.1) is 6.92 Å². The maximum Gasteiger partial charge on any atom is 0.341 e. The highest BCUT2D eigenvalue weighted by molar-refractivity contribution is 7.98. The van der Waals surface area contributed by atoms with Crippen LogP contribution < -0.4 is 0 Å². The van der Waals surface area contributed by atoms with Crippen molar-refractivity contribution in [3.05, 3.63) is 64.4 Å². The van der Waals surface area contributed by atoms with Crippen molar-refractivity contribution >= 4 is 29.3 Å². The van der Waals surface area contributed by atoms with Crippen LogP contribution in [0.3, 0.4) is 0 Å². The summed E-state index contributed by atoms with van der Waals surface area (Å²) >= 11 is 7.72. The summed E-state index contributed by atoms with van der Waals surface area (Å²) in [6, 6.07) is 11.4. The fraction of sp³-hybridized carbons (Fsp3) is 0.222. The molecule has 0 N–H and O–H groups in total. The molecule has 8 heteroatoms. The Morgan fingerprint density at radius 1 is 1.23 bits per heavy atom. The Hall–Kier alpha value is -2.38. The third-order valence-electron chi connectivity index (χ3n) is 3.68. The van der Waals surface area contributed by atoms with Gasteiger partial charge in [-0.1, -0.05) is 41.6 Å². The number of esters is 1. The summed E-state index contributed by atoms with van der Waals surface area (Å²) < 4.78 is 6.59. The first-order valence-corrected chi connectivity index (χ1v) is 9.38. The minimum absolute atomic E-state index is 0.320. The van der Waals surface area contributed by atoms with Gasteiger partial charge in [-0.3, -0.25) is 0 Å². The van der Waals surface area contributed by atoms with Crippen LogP contribution in [-0.2, 0) is 10.5 Å². The van der Waals surface area contributed by atoms with E-state index in [9.17, 15) is 4.79 Å². The number of aromatic nitrogens is 4. The number of carbonyl (C=O) groups is 1. The Balaban J connectivity index is 1.72. The minimum atomic E-state index is -0.392. The third kappa shape index (κ3) is 4.05. The van der Waals surface area contributed by atoms with Crippen LogP contribution in [0.15, 0.2) is 47.6 Å². The Morgan fingerprint density at radius 2 is 2.04 bits per heavy atom. The third-order valence-corrected chi connectivity index (χ3v) is 5.02. The normalized spacial score (nSPS) is 10.7.